The lowest BCUT2D eigenvalue weighted by Crippen LogP contribution is -2.40. The van der Waals surface area contributed by atoms with Crippen molar-refractivity contribution in [3.8, 4) is 0 Å². The highest BCUT2D eigenvalue weighted by Crippen LogP contribution is 2.23. The summed E-state index contributed by atoms with van der Waals surface area (Å²) < 4.78 is 7.74. The fraction of sp³-hybridized carbons (Fsp3) is 0.421. The molecule has 0 bridgehead atoms. The maximum atomic E-state index is 12.3. The second kappa shape index (κ2) is 6.11. The largest absolute Gasteiger partial charge is 0.444 e. The van der Waals surface area contributed by atoms with Gasteiger partial charge < -0.3 is 14.2 Å². The van der Waals surface area contributed by atoms with Crippen LogP contribution in [-0.2, 0) is 24.2 Å². The minimum absolute atomic E-state index is 0.226. The predicted octanol–water partition coefficient (Wildman–Crippen LogP) is 3.83. The van der Waals surface area contributed by atoms with E-state index in [2.05, 4.69) is 41.1 Å². The first-order chi connectivity index (χ1) is 10.9. The molecular weight excluding hydrogens is 288 g/mol. The average Bonchev–Trinajstić information content (AvgIpc) is 2.89. The molecule has 1 aliphatic rings. The van der Waals surface area contributed by atoms with E-state index in [-0.39, 0.29) is 6.09 Å². The topological polar surface area (TPSA) is 34.5 Å². The highest BCUT2D eigenvalue weighted by Gasteiger charge is 2.27. The smallest absolute Gasteiger partial charge is 0.410 e. The summed E-state index contributed by atoms with van der Waals surface area (Å²) in [6, 6.07) is 12.6. The van der Waals surface area contributed by atoms with Crippen molar-refractivity contribution in [1.82, 2.24) is 9.47 Å². The maximum absolute atomic E-state index is 12.3. The van der Waals surface area contributed by atoms with Crippen LogP contribution in [0.15, 0.2) is 42.6 Å². The molecule has 0 spiro atoms. The van der Waals surface area contributed by atoms with Crippen molar-refractivity contribution >= 4 is 6.09 Å². The monoisotopic (exact) mass is 312 g/mol. The summed E-state index contributed by atoms with van der Waals surface area (Å²) in [5, 5.41) is 0. The van der Waals surface area contributed by atoms with Crippen LogP contribution < -0.4 is 0 Å². The van der Waals surface area contributed by atoms with Crippen molar-refractivity contribution in [3.63, 3.8) is 0 Å². The van der Waals surface area contributed by atoms with Crippen LogP contribution in [0.5, 0.6) is 0 Å². The molecular formula is C19H24N2O2. The molecule has 0 saturated heterocycles. The number of carbonyl (C=O) groups excluding carboxylic acids is 1. The highest BCUT2D eigenvalue weighted by molar-refractivity contribution is 5.68. The van der Waals surface area contributed by atoms with E-state index in [0.29, 0.717) is 6.54 Å². The molecule has 0 radical (unpaired) electrons. The standard InChI is InChI=1S/C19H24N2O2/c1-19(2,3)23-18(22)21-12-10-16-9-11-20(17(16)14-21)13-15-7-5-4-6-8-15/h4-9,11H,10,12-14H2,1-3H3. The van der Waals surface area contributed by atoms with Crippen molar-refractivity contribution < 1.29 is 9.53 Å². The average molecular weight is 312 g/mol. The van der Waals surface area contributed by atoms with Crippen molar-refractivity contribution in [3.05, 3.63) is 59.4 Å². The first-order valence-corrected chi connectivity index (χ1v) is 8.11. The molecule has 2 aromatic rings. The van der Waals surface area contributed by atoms with Crippen molar-refractivity contribution in [2.75, 3.05) is 6.54 Å². The van der Waals surface area contributed by atoms with Crippen LogP contribution in [-0.4, -0.2) is 27.7 Å². The lowest BCUT2D eigenvalue weighted by atomic mass is 10.1. The van der Waals surface area contributed by atoms with Gasteiger partial charge in [0.15, 0.2) is 0 Å². The van der Waals surface area contributed by atoms with E-state index in [1.54, 1.807) is 4.90 Å². The summed E-state index contributed by atoms with van der Waals surface area (Å²) in [4.78, 5) is 14.1. The van der Waals surface area contributed by atoms with Crippen molar-refractivity contribution in [1.29, 1.82) is 0 Å². The Morgan fingerprint density at radius 1 is 1.17 bits per heavy atom. The maximum Gasteiger partial charge on any atom is 0.410 e. The molecule has 23 heavy (non-hydrogen) atoms. The number of nitrogens with zero attached hydrogens (tertiary/aromatic N) is 2. The molecule has 0 N–H and O–H groups in total. The van der Waals surface area contributed by atoms with Gasteiger partial charge in [-0.25, -0.2) is 4.79 Å². The number of ether oxygens (including phenoxy) is 1. The van der Waals surface area contributed by atoms with Gasteiger partial charge in [-0.2, -0.15) is 0 Å². The number of aromatic nitrogens is 1. The fourth-order valence-electron chi connectivity index (χ4n) is 2.90. The van der Waals surface area contributed by atoms with E-state index < -0.39 is 5.60 Å². The Labute approximate surface area is 137 Å². The van der Waals surface area contributed by atoms with Crippen LogP contribution in [0.4, 0.5) is 4.79 Å². The summed E-state index contributed by atoms with van der Waals surface area (Å²) >= 11 is 0. The van der Waals surface area contributed by atoms with Crippen LogP contribution in [0, 0.1) is 0 Å². The van der Waals surface area contributed by atoms with Gasteiger partial charge in [0.2, 0.25) is 0 Å². The molecule has 122 valence electrons. The molecule has 0 atom stereocenters. The zero-order chi connectivity index (χ0) is 16.4. The van der Waals surface area contributed by atoms with Gasteiger partial charge in [-0.1, -0.05) is 30.3 Å². The van der Waals surface area contributed by atoms with Gasteiger partial charge in [-0.3, -0.25) is 0 Å². The first-order valence-electron chi connectivity index (χ1n) is 8.11. The minimum Gasteiger partial charge on any atom is -0.444 e. The second-order valence-electron chi connectivity index (χ2n) is 7.05. The lowest BCUT2D eigenvalue weighted by Gasteiger charge is -2.31. The SMILES string of the molecule is CC(C)(C)OC(=O)N1CCc2ccn(Cc3ccccc3)c2C1. The Hall–Kier alpha value is -2.23. The molecule has 1 aliphatic heterocycles. The van der Waals surface area contributed by atoms with Gasteiger partial charge in [0.25, 0.3) is 0 Å². The van der Waals surface area contributed by atoms with E-state index >= 15 is 0 Å². The second-order valence-corrected chi connectivity index (χ2v) is 7.05. The third kappa shape index (κ3) is 3.76. The molecule has 1 aromatic carbocycles. The predicted molar refractivity (Wildman–Crippen MR) is 90.3 cm³/mol. The molecule has 1 aromatic heterocycles. The van der Waals surface area contributed by atoms with Crippen LogP contribution in [0.1, 0.15) is 37.6 Å². The third-order valence-corrected chi connectivity index (χ3v) is 4.01. The Bertz CT molecular complexity index is 683. The fourth-order valence-corrected chi connectivity index (χ4v) is 2.90. The quantitative estimate of drug-likeness (QED) is 0.844. The summed E-state index contributed by atoms with van der Waals surface area (Å²) in [7, 11) is 0. The van der Waals surface area contributed by atoms with Crippen LogP contribution >= 0.6 is 0 Å². The van der Waals surface area contributed by atoms with E-state index in [4.69, 9.17) is 4.74 Å². The number of amides is 1. The zero-order valence-corrected chi connectivity index (χ0v) is 14.1. The molecule has 0 aliphatic carbocycles. The van der Waals surface area contributed by atoms with E-state index in [1.165, 1.54) is 16.8 Å². The lowest BCUT2D eigenvalue weighted by molar-refractivity contribution is 0.0219. The molecule has 0 saturated carbocycles. The number of hydrogen-bond acceptors (Lipinski definition) is 2. The van der Waals surface area contributed by atoms with E-state index in [0.717, 1.165) is 19.5 Å². The van der Waals surface area contributed by atoms with E-state index in [1.807, 2.05) is 26.8 Å². The summed E-state index contributed by atoms with van der Waals surface area (Å²) in [5.41, 5.74) is 3.36. The number of rotatable bonds is 2. The highest BCUT2D eigenvalue weighted by atomic mass is 16.6. The molecule has 2 heterocycles. The Morgan fingerprint density at radius 2 is 1.91 bits per heavy atom. The van der Waals surface area contributed by atoms with Gasteiger partial charge in [0, 0.05) is 25.0 Å². The van der Waals surface area contributed by atoms with Crippen molar-refractivity contribution in [2.24, 2.45) is 0 Å². The van der Waals surface area contributed by atoms with Gasteiger partial charge in [0.05, 0.1) is 6.54 Å². The summed E-state index contributed by atoms with van der Waals surface area (Å²) in [6.07, 6.45) is 2.78. The molecule has 1 amide bonds. The van der Waals surface area contributed by atoms with Gasteiger partial charge >= 0.3 is 6.09 Å². The number of carbonyl (C=O) groups is 1. The summed E-state index contributed by atoms with van der Waals surface area (Å²) in [5.74, 6) is 0. The van der Waals surface area contributed by atoms with Crippen LogP contribution in [0.25, 0.3) is 0 Å². The van der Waals surface area contributed by atoms with Crippen LogP contribution in [0.2, 0.25) is 0 Å². The molecule has 4 heteroatoms. The van der Waals surface area contributed by atoms with Gasteiger partial charge in [-0.05, 0) is 44.4 Å². The number of benzene rings is 1. The molecule has 4 nitrogen and oxygen atoms in total. The molecule has 0 unspecified atom stereocenters. The normalized spacial score (nSPS) is 14.5. The Kier molecular flexibility index (Phi) is 4.16. The molecule has 3 rings (SSSR count). The van der Waals surface area contributed by atoms with Crippen LogP contribution in [0.3, 0.4) is 0 Å². The first kappa shape index (κ1) is 15.7. The summed E-state index contributed by atoms with van der Waals surface area (Å²) in [6.45, 7) is 7.87. The van der Waals surface area contributed by atoms with Gasteiger partial charge in [0.1, 0.15) is 5.60 Å². The van der Waals surface area contributed by atoms with Crippen molar-refractivity contribution in [2.45, 2.75) is 45.9 Å². The van der Waals surface area contributed by atoms with Gasteiger partial charge in [-0.15, -0.1) is 0 Å². The minimum atomic E-state index is -0.455. The number of hydrogen-bond donors (Lipinski definition) is 0. The number of fused-ring (bicyclic) bond motifs is 1. The van der Waals surface area contributed by atoms with E-state index in [9.17, 15) is 4.79 Å². The zero-order valence-electron chi connectivity index (χ0n) is 14.1. The third-order valence-electron chi connectivity index (χ3n) is 4.01. The Morgan fingerprint density at radius 3 is 2.61 bits per heavy atom. The molecule has 0 fully saturated rings. The Balaban J connectivity index is 1.75.